The molecule has 18 heavy (non-hydrogen) atoms. The Kier molecular flexibility index (Phi) is 29.7. The summed E-state index contributed by atoms with van der Waals surface area (Å²) in [5.74, 6) is -0.558. The maximum Gasteiger partial charge on any atom is 0.169 e. The Morgan fingerprint density at radius 1 is 1.00 bits per heavy atom. The molecule has 0 saturated heterocycles. The number of fused-ring (bicyclic) bond motifs is 1. The van der Waals surface area contributed by atoms with Crippen molar-refractivity contribution in [3.63, 3.8) is 0 Å². The van der Waals surface area contributed by atoms with Crippen molar-refractivity contribution in [3.05, 3.63) is 28.4 Å². The monoisotopic (exact) mass is 695 g/mol. The molecule has 0 aromatic rings. The van der Waals surface area contributed by atoms with Crippen molar-refractivity contribution in [2.24, 2.45) is 0 Å². The Balaban J connectivity index is -0.0000000939. The van der Waals surface area contributed by atoms with Gasteiger partial charge in [0.05, 0.1) is 0 Å². The van der Waals surface area contributed by atoms with Crippen LogP contribution in [0, 0.1) is 6.20 Å². The van der Waals surface area contributed by atoms with Crippen molar-refractivity contribution in [2.75, 3.05) is 7.05 Å². The Morgan fingerprint density at radius 3 is 1.83 bits per heavy atom. The number of hydrogen-bond donors (Lipinski definition) is 0. The number of allylic oxidation sites excluding steroid dienone is 1. The van der Waals surface area contributed by atoms with Crippen LogP contribution in [0.4, 0.5) is 0 Å². The molecule has 0 N–H and O–H groups in total. The van der Waals surface area contributed by atoms with Gasteiger partial charge >= 0.3 is 0 Å². The molecule has 0 saturated carbocycles. The van der Waals surface area contributed by atoms with E-state index in [1.807, 2.05) is 0 Å². The molecular weight excluding hydrogens is 690 g/mol. The minimum Gasteiger partial charge on any atom is -0.727 e. The smallest absolute Gasteiger partial charge is 0.169 e. The van der Waals surface area contributed by atoms with Crippen molar-refractivity contribution >= 4 is 11.8 Å². The predicted octanol–water partition coefficient (Wildman–Crippen LogP) is 0.318. The Labute approximate surface area is 258 Å². The molecule has 0 atom stereocenters. The number of nitrogens with zero attached hydrogens (tertiary/aromatic N) is 2. The minimum absolute atomic E-state index is 0. The molecule has 80 valence electrons. The zero-order valence-corrected chi connectivity index (χ0v) is 27.2. The van der Waals surface area contributed by atoms with Crippen LogP contribution in [0.5, 0.6) is 0 Å². The fourth-order valence-corrected chi connectivity index (χ4v) is 1.30. The van der Waals surface area contributed by atoms with E-state index in [-0.39, 0.29) is 208 Å². The van der Waals surface area contributed by atoms with Gasteiger partial charge in [-0.15, -0.1) is 5.57 Å². The van der Waals surface area contributed by atoms with Gasteiger partial charge in [0.25, 0.3) is 0 Å². The van der Waals surface area contributed by atoms with Gasteiger partial charge in [0.15, 0.2) is 5.91 Å². The van der Waals surface area contributed by atoms with Crippen molar-refractivity contribution < 1.29 is 206 Å². The minimum atomic E-state index is -0.361. The van der Waals surface area contributed by atoms with Crippen molar-refractivity contribution in [1.29, 1.82) is 0 Å². The SMILES string of the molecule is CC1=C2C(=O)[N-][C-]=C2C(=O)N1C.[Y].[Y].[Y].[Y].[Y].[Y]. The largest absolute Gasteiger partial charge is 0.727 e. The number of carbonyl (C=O) groups excluding carboxylic acids is 2. The molecule has 2 amide bonds. The maximum absolute atomic E-state index is 11.3. The first kappa shape index (κ1) is 34.4. The van der Waals surface area contributed by atoms with E-state index in [0.29, 0.717) is 16.8 Å². The van der Waals surface area contributed by atoms with Crippen LogP contribution in [0.1, 0.15) is 6.92 Å². The van der Waals surface area contributed by atoms with Crippen LogP contribution in [-0.4, -0.2) is 23.8 Å². The van der Waals surface area contributed by atoms with E-state index < -0.39 is 0 Å². The van der Waals surface area contributed by atoms with Gasteiger partial charge in [-0.1, -0.05) is 5.57 Å². The van der Waals surface area contributed by atoms with Crippen LogP contribution in [0.25, 0.3) is 5.32 Å². The van der Waals surface area contributed by atoms with Gasteiger partial charge in [0.2, 0.25) is 0 Å². The molecule has 0 aliphatic carbocycles. The van der Waals surface area contributed by atoms with E-state index in [4.69, 9.17) is 0 Å². The topological polar surface area (TPSA) is 51.5 Å². The third-order valence-corrected chi connectivity index (χ3v) is 2.12. The molecule has 0 unspecified atom stereocenters. The van der Waals surface area contributed by atoms with Crippen LogP contribution < -0.4 is 0 Å². The van der Waals surface area contributed by atoms with Gasteiger partial charge < -0.3 is 19.8 Å². The first-order valence-corrected chi connectivity index (χ1v) is 3.50. The van der Waals surface area contributed by atoms with Gasteiger partial charge in [0, 0.05) is 203 Å². The fourth-order valence-electron chi connectivity index (χ4n) is 1.30. The van der Waals surface area contributed by atoms with E-state index in [1.165, 1.54) is 4.90 Å². The molecule has 2 aliphatic rings. The quantitative estimate of drug-likeness (QED) is 0.344. The summed E-state index contributed by atoms with van der Waals surface area (Å²) in [5.41, 5.74) is 1.37. The zero-order valence-electron chi connectivity index (χ0n) is 10.2. The van der Waals surface area contributed by atoms with E-state index in [2.05, 4.69) is 11.5 Å². The van der Waals surface area contributed by atoms with Crippen molar-refractivity contribution in [1.82, 2.24) is 4.90 Å². The molecule has 4 nitrogen and oxygen atoms in total. The average molecular weight is 696 g/mol. The molecule has 6 radical (unpaired) electrons. The number of amides is 2. The molecule has 2 heterocycles. The summed E-state index contributed by atoms with van der Waals surface area (Å²) in [7, 11) is 1.63. The Bertz CT molecular complexity index is 369. The van der Waals surface area contributed by atoms with Crippen LogP contribution in [0.15, 0.2) is 16.8 Å². The van der Waals surface area contributed by atoms with Crippen molar-refractivity contribution in [2.45, 2.75) is 6.92 Å². The molecule has 0 fully saturated rings. The zero-order chi connectivity index (χ0) is 8.88. The van der Waals surface area contributed by atoms with Crippen LogP contribution in [0.3, 0.4) is 0 Å². The summed E-state index contributed by atoms with van der Waals surface area (Å²) < 4.78 is 0. The number of hydrogen-bond acceptors (Lipinski definition) is 2. The number of carbonyl (C=O) groups is 2. The molecule has 2 rings (SSSR count). The standard InChI is InChI=1S/C8H6N2O2.6Y/c1-4-6-5(3-9-7(6)11)8(12)10(4)2;;;;;;/h1-2H3;;;;;;/q-2;;;;;;. The summed E-state index contributed by atoms with van der Waals surface area (Å²) in [6.07, 6.45) is 2.42. The molecule has 10 heteroatoms. The third-order valence-electron chi connectivity index (χ3n) is 2.12. The van der Waals surface area contributed by atoms with Crippen LogP contribution in [0.2, 0.25) is 0 Å². The number of rotatable bonds is 0. The van der Waals surface area contributed by atoms with Crippen LogP contribution in [-0.2, 0) is 206 Å². The number of likely N-dealkylation sites (N-methyl/N-ethyl adjacent to an activating group) is 1. The van der Waals surface area contributed by atoms with E-state index in [1.54, 1.807) is 14.0 Å². The van der Waals surface area contributed by atoms with Crippen molar-refractivity contribution in [3.8, 4) is 0 Å². The van der Waals surface area contributed by atoms with Gasteiger partial charge in [-0.3, -0.25) is 6.20 Å². The van der Waals surface area contributed by atoms with E-state index in [9.17, 15) is 9.59 Å². The summed E-state index contributed by atoms with van der Waals surface area (Å²) in [6, 6.07) is 0. The third kappa shape index (κ3) is 7.29. The second kappa shape index (κ2) is 15.6. The normalized spacial score (nSPS) is 14.3. The van der Waals surface area contributed by atoms with Gasteiger partial charge in [-0.2, -0.15) is 0 Å². The molecule has 0 bridgehead atoms. The summed E-state index contributed by atoms with van der Waals surface area (Å²) >= 11 is 0. The molecule has 0 aromatic carbocycles. The summed E-state index contributed by atoms with van der Waals surface area (Å²) in [4.78, 5) is 23.8. The molecule has 0 aromatic heterocycles. The molecule has 0 spiro atoms. The Morgan fingerprint density at radius 2 is 1.44 bits per heavy atom. The van der Waals surface area contributed by atoms with Gasteiger partial charge in [0.1, 0.15) is 0 Å². The second-order valence-electron chi connectivity index (χ2n) is 2.73. The van der Waals surface area contributed by atoms with E-state index in [0.717, 1.165) is 0 Å². The maximum atomic E-state index is 11.3. The van der Waals surface area contributed by atoms with Crippen LogP contribution >= 0.6 is 0 Å². The Hall–Kier alpha value is 5.04. The summed E-state index contributed by atoms with van der Waals surface area (Å²) in [6.45, 7) is 1.72. The fraction of sp³-hybridized carbons (Fsp3) is 0.250. The second-order valence-corrected chi connectivity index (χ2v) is 2.73. The summed E-state index contributed by atoms with van der Waals surface area (Å²) in [5, 5.41) is 3.42. The van der Waals surface area contributed by atoms with Gasteiger partial charge in [-0.05, 0) is 18.5 Å². The first-order chi connectivity index (χ1) is 5.63. The van der Waals surface area contributed by atoms with Gasteiger partial charge in [-0.25, -0.2) is 0 Å². The molecule has 2 aliphatic heterocycles. The average Bonchev–Trinajstić information content (AvgIpc) is 2.51. The molecular formula is C8H6N2O2Y6-2. The first-order valence-electron chi connectivity index (χ1n) is 3.50. The predicted molar refractivity (Wildman–Crippen MR) is 40.6 cm³/mol. The van der Waals surface area contributed by atoms with E-state index >= 15 is 0 Å².